The summed E-state index contributed by atoms with van der Waals surface area (Å²) in [6.45, 7) is 2.34. The van der Waals surface area contributed by atoms with Crippen molar-refractivity contribution in [2.24, 2.45) is 5.92 Å². The molecule has 0 amide bonds. The van der Waals surface area contributed by atoms with E-state index in [-0.39, 0.29) is 0 Å². The van der Waals surface area contributed by atoms with Crippen molar-refractivity contribution in [1.29, 1.82) is 0 Å². The first-order valence-electron chi connectivity index (χ1n) is 5.62. The van der Waals surface area contributed by atoms with Crippen LogP contribution in [0.1, 0.15) is 19.3 Å². The van der Waals surface area contributed by atoms with Crippen molar-refractivity contribution in [2.45, 2.75) is 25.3 Å². The van der Waals surface area contributed by atoms with Crippen LogP contribution in [-0.2, 0) is 13.3 Å². The molecule has 0 spiro atoms. The monoisotopic (exact) mass is 233 g/mol. The standard InChI is InChI=1S/C10H23NO3Si/c1-12-15(13-2,14-3)8-4-5-10-6-7-11-9-10/h10-11H,4-9H2,1-3H3. The van der Waals surface area contributed by atoms with Gasteiger partial charge in [0.1, 0.15) is 0 Å². The minimum absolute atomic E-state index is 0.835. The Labute approximate surface area is 93.7 Å². The Balaban J connectivity index is 2.21. The highest BCUT2D eigenvalue weighted by Crippen LogP contribution is 2.21. The summed E-state index contributed by atoms with van der Waals surface area (Å²) in [5.41, 5.74) is 0. The van der Waals surface area contributed by atoms with Crippen LogP contribution in [-0.4, -0.2) is 43.2 Å². The van der Waals surface area contributed by atoms with Crippen LogP contribution in [0.5, 0.6) is 0 Å². The third kappa shape index (κ3) is 3.84. The van der Waals surface area contributed by atoms with Crippen molar-refractivity contribution in [3.05, 3.63) is 0 Å². The first kappa shape index (κ1) is 13.1. The SMILES string of the molecule is CO[Si](CCCC1CCNC1)(OC)OC. The van der Waals surface area contributed by atoms with Crippen LogP contribution in [0.3, 0.4) is 0 Å². The van der Waals surface area contributed by atoms with Gasteiger partial charge >= 0.3 is 8.80 Å². The molecule has 15 heavy (non-hydrogen) atoms. The van der Waals surface area contributed by atoms with Gasteiger partial charge in [-0.1, -0.05) is 0 Å². The lowest BCUT2D eigenvalue weighted by Gasteiger charge is -2.24. The highest BCUT2D eigenvalue weighted by Gasteiger charge is 2.37. The van der Waals surface area contributed by atoms with Crippen LogP contribution in [0.2, 0.25) is 6.04 Å². The fourth-order valence-corrected chi connectivity index (χ4v) is 3.87. The lowest BCUT2D eigenvalue weighted by Crippen LogP contribution is -2.42. The summed E-state index contributed by atoms with van der Waals surface area (Å²) >= 11 is 0. The molecule has 1 aliphatic heterocycles. The van der Waals surface area contributed by atoms with Gasteiger partial charge < -0.3 is 18.6 Å². The molecule has 1 unspecified atom stereocenters. The summed E-state index contributed by atoms with van der Waals surface area (Å²) in [7, 11) is 2.72. The third-order valence-corrected chi connectivity index (χ3v) is 6.02. The molecule has 1 rings (SSSR count). The maximum Gasteiger partial charge on any atom is 0.500 e. The summed E-state index contributed by atoms with van der Waals surface area (Å²) in [4.78, 5) is 0. The molecule has 5 heteroatoms. The molecule has 1 atom stereocenters. The number of rotatable bonds is 7. The van der Waals surface area contributed by atoms with E-state index in [4.69, 9.17) is 13.3 Å². The van der Waals surface area contributed by atoms with E-state index < -0.39 is 8.80 Å². The second-order valence-corrected chi connectivity index (χ2v) is 7.14. The Morgan fingerprint density at radius 1 is 1.20 bits per heavy atom. The van der Waals surface area contributed by atoms with E-state index in [0.29, 0.717) is 0 Å². The molecule has 1 heterocycles. The third-order valence-electron chi connectivity index (χ3n) is 3.19. The average molecular weight is 233 g/mol. The van der Waals surface area contributed by atoms with Crippen LogP contribution < -0.4 is 5.32 Å². The highest BCUT2D eigenvalue weighted by molar-refractivity contribution is 6.60. The van der Waals surface area contributed by atoms with E-state index in [9.17, 15) is 0 Å². The molecule has 90 valence electrons. The maximum atomic E-state index is 5.38. The van der Waals surface area contributed by atoms with Gasteiger partial charge in [-0.05, 0) is 38.3 Å². The van der Waals surface area contributed by atoms with Crippen molar-refractivity contribution in [3.8, 4) is 0 Å². The van der Waals surface area contributed by atoms with Gasteiger partial charge in [0.25, 0.3) is 0 Å². The van der Waals surface area contributed by atoms with E-state index >= 15 is 0 Å². The second-order valence-electron chi connectivity index (χ2n) is 4.05. The lowest BCUT2D eigenvalue weighted by molar-refractivity contribution is 0.122. The molecule has 0 bridgehead atoms. The van der Waals surface area contributed by atoms with Gasteiger partial charge in [0, 0.05) is 27.4 Å². The van der Waals surface area contributed by atoms with E-state index in [1.54, 1.807) is 21.3 Å². The van der Waals surface area contributed by atoms with Gasteiger partial charge in [-0.15, -0.1) is 0 Å². The molecule has 4 nitrogen and oxygen atoms in total. The van der Waals surface area contributed by atoms with Gasteiger partial charge in [0.05, 0.1) is 0 Å². The van der Waals surface area contributed by atoms with Crippen molar-refractivity contribution < 1.29 is 13.3 Å². The Kier molecular flexibility index (Phi) is 5.77. The molecule has 1 fully saturated rings. The molecule has 0 radical (unpaired) electrons. The van der Waals surface area contributed by atoms with Gasteiger partial charge in [0.2, 0.25) is 0 Å². The molecule has 1 saturated heterocycles. The van der Waals surface area contributed by atoms with Crippen molar-refractivity contribution >= 4 is 8.80 Å². The van der Waals surface area contributed by atoms with Crippen LogP contribution in [0.4, 0.5) is 0 Å². The second kappa shape index (κ2) is 6.60. The molecule has 0 aromatic carbocycles. The molecule has 0 aliphatic carbocycles. The number of hydrogen-bond donors (Lipinski definition) is 1. The number of nitrogens with one attached hydrogen (secondary N) is 1. The number of hydrogen-bond acceptors (Lipinski definition) is 4. The summed E-state index contributed by atoms with van der Waals surface area (Å²) < 4.78 is 16.1. The van der Waals surface area contributed by atoms with Crippen molar-refractivity contribution in [1.82, 2.24) is 5.32 Å². The Hall–Kier alpha value is 0.0569. The fourth-order valence-electron chi connectivity index (χ4n) is 2.12. The minimum atomic E-state index is -2.31. The first-order chi connectivity index (χ1) is 7.26. The molecule has 1 aliphatic rings. The van der Waals surface area contributed by atoms with E-state index in [1.807, 2.05) is 0 Å². The highest BCUT2D eigenvalue weighted by atomic mass is 28.4. The Morgan fingerprint density at radius 2 is 1.87 bits per heavy atom. The zero-order valence-corrected chi connectivity index (χ0v) is 11.0. The van der Waals surface area contributed by atoms with Gasteiger partial charge in [-0.25, -0.2) is 0 Å². The van der Waals surface area contributed by atoms with Gasteiger partial charge in [0.15, 0.2) is 0 Å². The van der Waals surface area contributed by atoms with Gasteiger partial charge in [-0.3, -0.25) is 0 Å². The molecule has 1 N–H and O–H groups in total. The molecular weight excluding hydrogens is 210 g/mol. The zero-order chi connectivity index (χ0) is 11.1. The first-order valence-corrected chi connectivity index (χ1v) is 7.55. The summed E-state index contributed by atoms with van der Waals surface area (Å²) in [6, 6.07) is 0.924. The predicted octanol–water partition coefficient (Wildman–Crippen LogP) is 1.25. The molecular formula is C10H23NO3Si. The predicted molar refractivity (Wildman–Crippen MR) is 61.8 cm³/mol. The maximum absolute atomic E-state index is 5.38. The Bertz CT molecular complexity index is 162. The van der Waals surface area contributed by atoms with Crippen molar-refractivity contribution in [3.63, 3.8) is 0 Å². The smallest absolute Gasteiger partial charge is 0.377 e. The summed E-state index contributed by atoms with van der Waals surface area (Å²) in [6.07, 6.45) is 3.69. The topological polar surface area (TPSA) is 39.7 Å². The lowest BCUT2D eigenvalue weighted by atomic mass is 10.0. The molecule has 0 saturated carbocycles. The summed E-state index contributed by atoms with van der Waals surface area (Å²) in [5.74, 6) is 0.835. The normalized spacial score (nSPS) is 22.2. The average Bonchev–Trinajstić information content (AvgIpc) is 2.78. The fraction of sp³-hybridized carbons (Fsp3) is 1.00. The quantitative estimate of drug-likeness (QED) is 0.672. The summed E-state index contributed by atoms with van der Waals surface area (Å²) in [5, 5.41) is 3.38. The van der Waals surface area contributed by atoms with Crippen molar-refractivity contribution in [2.75, 3.05) is 34.4 Å². The minimum Gasteiger partial charge on any atom is -0.377 e. The zero-order valence-electron chi connectivity index (χ0n) is 10.0. The van der Waals surface area contributed by atoms with Crippen LogP contribution >= 0.6 is 0 Å². The molecule has 0 aromatic heterocycles. The largest absolute Gasteiger partial charge is 0.500 e. The van der Waals surface area contributed by atoms with E-state index in [2.05, 4.69) is 5.32 Å². The Morgan fingerprint density at radius 3 is 2.33 bits per heavy atom. The van der Waals surface area contributed by atoms with E-state index in [0.717, 1.165) is 18.4 Å². The van der Waals surface area contributed by atoms with Crippen LogP contribution in [0.15, 0.2) is 0 Å². The molecule has 0 aromatic rings. The van der Waals surface area contributed by atoms with Crippen LogP contribution in [0, 0.1) is 5.92 Å². The van der Waals surface area contributed by atoms with Gasteiger partial charge in [-0.2, -0.15) is 0 Å². The van der Waals surface area contributed by atoms with Crippen LogP contribution in [0.25, 0.3) is 0 Å². The van der Waals surface area contributed by atoms with E-state index in [1.165, 1.54) is 25.9 Å².